The van der Waals surface area contributed by atoms with Crippen LogP contribution in [-0.2, 0) is 9.59 Å². The van der Waals surface area contributed by atoms with E-state index in [1.165, 1.54) is 17.1 Å². The summed E-state index contributed by atoms with van der Waals surface area (Å²) in [5, 5.41) is 3.01. The van der Waals surface area contributed by atoms with Gasteiger partial charge in [-0.15, -0.1) is 0 Å². The van der Waals surface area contributed by atoms with Gasteiger partial charge in [-0.2, -0.15) is 0 Å². The number of hydrogen-bond acceptors (Lipinski definition) is 3. The van der Waals surface area contributed by atoms with Gasteiger partial charge >= 0.3 is 0 Å². The topological polar surface area (TPSA) is 49.4 Å². The number of carbonyl (C=O) groups is 2. The molecule has 0 radical (unpaired) electrons. The van der Waals surface area contributed by atoms with Crippen molar-refractivity contribution < 1.29 is 9.59 Å². The van der Waals surface area contributed by atoms with Gasteiger partial charge in [0.15, 0.2) is 0 Å². The Morgan fingerprint density at radius 2 is 1.79 bits per heavy atom. The summed E-state index contributed by atoms with van der Waals surface area (Å²) in [6, 6.07) is 0. The van der Waals surface area contributed by atoms with Crippen molar-refractivity contribution in [3.05, 3.63) is 12.2 Å². The Morgan fingerprint density at radius 1 is 1.29 bits per heavy atom. The maximum absolute atomic E-state index is 11.4. The molecule has 0 aromatic carbocycles. The van der Waals surface area contributed by atoms with Gasteiger partial charge in [0.25, 0.3) is 11.8 Å². The van der Waals surface area contributed by atoms with Gasteiger partial charge in [0.05, 0.1) is 0 Å². The van der Waals surface area contributed by atoms with Crippen LogP contribution in [0.25, 0.3) is 0 Å². The van der Waals surface area contributed by atoms with Crippen LogP contribution in [0, 0.1) is 0 Å². The van der Waals surface area contributed by atoms with Crippen molar-refractivity contribution in [1.29, 1.82) is 0 Å². The van der Waals surface area contributed by atoms with Crippen molar-refractivity contribution in [1.82, 2.24) is 10.2 Å². The summed E-state index contributed by atoms with van der Waals surface area (Å²) in [4.78, 5) is 24.1. The smallest absolute Gasteiger partial charge is 0.254 e. The molecule has 0 unspecified atom stereocenters. The number of hydrogen-bond donors (Lipinski definition) is 1. The second kappa shape index (κ2) is 3.92. The highest BCUT2D eigenvalue weighted by Gasteiger charge is 2.36. The molecule has 1 rings (SSSR count). The normalized spacial score (nSPS) is 16.9. The number of imide groups is 1. The molecule has 1 aliphatic rings. The SMILES string of the molecule is CNCCC(C)(C)N1C(=O)C=CC1=O. The minimum absolute atomic E-state index is 0.212. The van der Waals surface area contributed by atoms with E-state index in [0.29, 0.717) is 0 Å². The third kappa shape index (κ3) is 2.01. The van der Waals surface area contributed by atoms with Crippen molar-refractivity contribution in [2.45, 2.75) is 25.8 Å². The zero-order valence-electron chi connectivity index (χ0n) is 8.83. The predicted octanol–water partition coefficient (Wildman–Crippen LogP) is 0.299. The zero-order chi connectivity index (χ0) is 10.8. The van der Waals surface area contributed by atoms with E-state index >= 15 is 0 Å². The van der Waals surface area contributed by atoms with Crippen LogP contribution in [0.2, 0.25) is 0 Å². The van der Waals surface area contributed by atoms with Crippen molar-refractivity contribution in [3.63, 3.8) is 0 Å². The molecule has 0 spiro atoms. The molecule has 1 N–H and O–H groups in total. The fourth-order valence-electron chi connectivity index (χ4n) is 1.54. The van der Waals surface area contributed by atoms with Crippen molar-refractivity contribution in [3.8, 4) is 0 Å². The van der Waals surface area contributed by atoms with Gasteiger partial charge in [0.2, 0.25) is 0 Å². The van der Waals surface area contributed by atoms with Gasteiger partial charge in [-0.3, -0.25) is 14.5 Å². The van der Waals surface area contributed by atoms with Crippen LogP contribution in [-0.4, -0.2) is 35.8 Å². The van der Waals surface area contributed by atoms with Crippen molar-refractivity contribution in [2.75, 3.05) is 13.6 Å². The number of nitrogens with one attached hydrogen (secondary N) is 1. The van der Waals surface area contributed by atoms with Crippen LogP contribution in [0.1, 0.15) is 20.3 Å². The molecule has 0 saturated carbocycles. The lowest BCUT2D eigenvalue weighted by Crippen LogP contribution is -2.48. The Balaban J connectivity index is 2.72. The maximum Gasteiger partial charge on any atom is 0.254 e. The fourth-order valence-corrected chi connectivity index (χ4v) is 1.54. The highest BCUT2D eigenvalue weighted by atomic mass is 16.2. The third-order valence-corrected chi connectivity index (χ3v) is 2.40. The first kappa shape index (κ1) is 10.9. The molecule has 1 heterocycles. The number of nitrogens with zero attached hydrogens (tertiary/aromatic N) is 1. The predicted molar refractivity (Wildman–Crippen MR) is 53.6 cm³/mol. The summed E-state index contributed by atoms with van der Waals surface area (Å²) >= 11 is 0. The Kier molecular flexibility index (Phi) is 3.06. The lowest BCUT2D eigenvalue weighted by molar-refractivity contribution is -0.142. The molecule has 0 fully saturated rings. The summed E-state index contributed by atoms with van der Waals surface area (Å²) in [6.45, 7) is 4.57. The highest BCUT2D eigenvalue weighted by molar-refractivity contribution is 6.13. The van der Waals surface area contributed by atoms with E-state index in [4.69, 9.17) is 0 Å². The molecule has 2 amide bonds. The molecule has 4 nitrogen and oxygen atoms in total. The molecule has 0 saturated heterocycles. The molecule has 14 heavy (non-hydrogen) atoms. The standard InChI is InChI=1S/C10H16N2O2/c1-10(2,6-7-11-3)12-8(13)4-5-9(12)14/h4-5,11H,6-7H2,1-3H3. The van der Waals surface area contributed by atoms with Crippen LogP contribution in [0.5, 0.6) is 0 Å². The molecule has 0 atom stereocenters. The first-order valence-corrected chi connectivity index (χ1v) is 4.70. The van der Waals surface area contributed by atoms with Gasteiger partial charge in [0, 0.05) is 17.7 Å². The molecule has 1 aliphatic heterocycles. The molecule has 0 bridgehead atoms. The minimum Gasteiger partial charge on any atom is -0.320 e. The minimum atomic E-state index is -0.416. The molecule has 0 aromatic heterocycles. The van der Waals surface area contributed by atoms with E-state index in [1.54, 1.807) is 0 Å². The number of rotatable bonds is 4. The highest BCUT2D eigenvalue weighted by Crippen LogP contribution is 2.22. The van der Waals surface area contributed by atoms with Crippen LogP contribution in [0.3, 0.4) is 0 Å². The van der Waals surface area contributed by atoms with Crippen molar-refractivity contribution in [2.24, 2.45) is 0 Å². The van der Waals surface area contributed by atoms with Gasteiger partial charge in [-0.25, -0.2) is 0 Å². The Morgan fingerprint density at radius 3 is 2.21 bits per heavy atom. The number of amides is 2. The van der Waals surface area contributed by atoms with Crippen LogP contribution in [0.15, 0.2) is 12.2 Å². The van der Waals surface area contributed by atoms with Gasteiger partial charge in [-0.1, -0.05) is 0 Å². The molecular formula is C10H16N2O2. The maximum atomic E-state index is 11.4. The van der Waals surface area contributed by atoms with E-state index in [0.717, 1.165) is 13.0 Å². The van der Waals surface area contributed by atoms with Crippen LogP contribution >= 0.6 is 0 Å². The summed E-state index contributed by atoms with van der Waals surface area (Å²) in [6.07, 6.45) is 3.40. The lowest BCUT2D eigenvalue weighted by Gasteiger charge is -2.33. The summed E-state index contributed by atoms with van der Waals surface area (Å²) in [5.74, 6) is -0.424. The second-order valence-electron chi connectivity index (χ2n) is 4.01. The van der Waals surface area contributed by atoms with E-state index < -0.39 is 5.54 Å². The van der Waals surface area contributed by atoms with E-state index in [2.05, 4.69) is 5.32 Å². The molecule has 0 aromatic rings. The quantitative estimate of drug-likeness (QED) is 0.658. The first-order chi connectivity index (χ1) is 6.49. The van der Waals surface area contributed by atoms with Gasteiger partial charge < -0.3 is 5.32 Å². The third-order valence-electron chi connectivity index (χ3n) is 2.40. The number of carbonyl (C=O) groups excluding carboxylic acids is 2. The second-order valence-corrected chi connectivity index (χ2v) is 4.01. The van der Waals surface area contributed by atoms with Crippen LogP contribution in [0.4, 0.5) is 0 Å². The van der Waals surface area contributed by atoms with Gasteiger partial charge in [0.1, 0.15) is 0 Å². The lowest BCUT2D eigenvalue weighted by atomic mass is 9.98. The average molecular weight is 196 g/mol. The summed E-state index contributed by atoms with van der Waals surface area (Å²) < 4.78 is 0. The van der Waals surface area contributed by atoms with Crippen LogP contribution < -0.4 is 5.32 Å². The van der Waals surface area contributed by atoms with E-state index in [1.807, 2.05) is 20.9 Å². The fraction of sp³-hybridized carbons (Fsp3) is 0.600. The Bertz CT molecular complexity index is 264. The Labute approximate surface area is 84.0 Å². The monoisotopic (exact) mass is 196 g/mol. The molecular weight excluding hydrogens is 180 g/mol. The summed E-state index contributed by atoms with van der Waals surface area (Å²) in [5.41, 5.74) is -0.416. The van der Waals surface area contributed by atoms with E-state index in [-0.39, 0.29) is 11.8 Å². The van der Waals surface area contributed by atoms with Gasteiger partial charge in [-0.05, 0) is 33.9 Å². The largest absolute Gasteiger partial charge is 0.320 e. The van der Waals surface area contributed by atoms with Crippen molar-refractivity contribution >= 4 is 11.8 Å². The first-order valence-electron chi connectivity index (χ1n) is 4.70. The van der Waals surface area contributed by atoms with E-state index in [9.17, 15) is 9.59 Å². The molecule has 4 heteroatoms. The molecule has 0 aliphatic carbocycles. The molecule has 78 valence electrons. The zero-order valence-corrected chi connectivity index (χ0v) is 8.83. The Hall–Kier alpha value is -1.16. The summed E-state index contributed by atoms with van der Waals surface area (Å²) in [7, 11) is 1.85. The average Bonchev–Trinajstić information content (AvgIpc) is 2.43.